The summed E-state index contributed by atoms with van der Waals surface area (Å²) in [6, 6.07) is 11.3. The van der Waals surface area contributed by atoms with E-state index in [1.54, 1.807) is 0 Å². The van der Waals surface area contributed by atoms with Gasteiger partial charge in [0.2, 0.25) is 5.91 Å². The Morgan fingerprint density at radius 1 is 0.971 bits per heavy atom. The summed E-state index contributed by atoms with van der Waals surface area (Å²) in [5.74, 6) is 2.64. The molecule has 3 fully saturated rings. The smallest absolute Gasteiger partial charge is 0.254 e. The van der Waals surface area contributed by atoms with Crippen molar-refractivity contribution in [1.29, 1.82) is 0 Å². The average molecular weight is 476 g/mol. The van der Waals surface area contributed by atoms with Crippen LogP contribution in [-0.2, 0) is 4.79 Å². The van der Waals surface area contributed by atoms with E-state index in [-0.39, 0.29) is 29.8 Å². The molecule has 2 saturated heterocycles. The molecule has 1 saturated carbocycles. The molecule has 1 aromatic carbocycles. The number of aryl methyl sites for hydroxylation is 1. The molecule has 1 aliphatic carbocycles. The molecule has 2 amide bonds. The maximum absolute atomic E-state index is 13.8. The number of carbonyl (C=O) groups excluding carboxylic acids is 2. The molecule has 0 spiro atoms. The van der Waals surface area contributed by atoms with Crippen LogP contribution in [0.15, 0.2) is 36.4 Å². The number of rotatable bonds is 4. The third kappa shape index (κ3) is 4.78. The van der Waals surface area contributed by atoms with Gasteiger partial charge in [-0.05, 0) is 44.2 Å². The zero-order chi connectivity index (χ0) is 24.5. The molecule has 0 N–H and O–H groups in total. The minimum Gasteiger partial charge on any atom is -0.353 e. The van der Waals surface area contributed by atoms with E-state index in [2.05, 4.69) is 23.7 Å². The fourth-order valence-corrected chi connectivity index (χ4v) is 6.06. The molecule has 5 rings (SSSR count). The molecular weight excluding hydrogens is 438 g/mol. The van der Waals surface area contributed by atoms with Gasteiger partial charge in [-0.1, -0.05) is 44.9 Å². The maximum Gasteiger partial charge on any atom is 0.254 e. The van der Waals surface area contributed by atoms with Crippen LogP contribution < -0.4 is 4.90 Å². The van der Waals surface area contributed by atoms with Gasteiger partial charge in [0.15, 0.2) is 0 Å². The zero-order valence-corrected chi connectivity index (χ0v) is 21.2. The fraction of sp³-hybridized carbons (Fsp3) is 0.571. The van der Waals surface area contributed by atoms with Crippen LogP contribution in [0, 0.1) is 12.8 Å². The number of amides is 2. The lowest BCUT2D eigenvalue weighted by Gasteiger charge is -2.39. The Kier molecular flexibility index (Phi) is 6.76. The molecule has 3 unspecified atom stereocenters. The van der Waals surface area contributed by atoms with Gasteiger partial charge in [0, 0.05) is 55.5 Å². The highest BCUT2D eigenvalue weighted by Gasteiger charge is 2.48. The molecule has 0 bridgehead atoms. The number of aromatic nitrogens is 2. The van der Waals surface area contributed by atoms with Gasteiger partial charge in [-0.25, -0.2) is 9.97 Å². The van der Waals surface area contributed by atoms with E-state index in [0.29, 0.717) is 24.6 Å². The van der Waals surface area contributed by atoms with Crippen molar-refractivity contribution in [2.45, 2.75) is 70.9 Å². The van der Waals surface area contributed by atoms with Gasteiger partial charge in [0.05, 0.1) is 0 Å². The predicted molar refractivity (Wildman–Crippen MR) is 136 cm³/mol. The second-order valence-electron chi connectivity index (χ2n) is 10.6. The Hall–Kier alpha value is -2.96. The molecule has 2 aliphatic heterocycles. The molecule has 186 valence electrons. The van der Waals surface area contributed by atoms with E-state index in [9.17, 15) is 9.59 Å². The van der Waals surface area contributed by atoms with Crippen molar-refractivity contribution in [3.05, 3.63) is 53.5 Å². The highest BCUT2D eigenvalue weighted by molar-refractivity contribution is 5.98. The standard InChI is InChI=1S/C28H37N5O2/c1-19(2)26-29-20(3)17-25(30-26)31-13-15-32(16-14-31)28(35)24-18-22-11-7-8-12-23(22)33(24)27(34)21-9-5-4-6-10-21/h4-6,9-10,17,19,22-24H,7-8,11-16,18H2,1-3H3. The maximum atomic E-state index is 13.8. The number of benzene rings is 1. The van der Waals surface area contributed by atoms with Gasteiger partial charge >= 0.3 is 0 Å². The van der Waals surface area contributed by atoms with Gasteiger partial charge in [-0.15, -0.1) is 0 Å². The lowest BCUT2D eigenvalue weighted by atomic mass is 9.84. The van der Waals surface area contributed by atoms with E-state index in [0.717, 1.165) is 56.1 Å². The van der Waals surface area contributed by atoms with E-state index < -0.39 is 0 Å². The Morgan fingerprint density at radius 2 is 1.69 bits per heavy atom. The number of anilines is 1. The Labute approximate surface area is 208 Å². The van der Waals surface area contributed by atoms with Crippen molar-refractivity contribution >= 4 is 17.6 Å². The summed E-state index contributed by atoms with van der Waals surface area (Å²) in [4.78, 5) is 42.9. The molecule has 7 nitrogen and oxygen atoms in total. The van der Waals surface area contributed by atoms with Crippen LogP contribution in [0.3, 0.4) is 0 Å². The third-order valence-electron chi connectivity index (χ3n) is 7.92. The number of fused-ring (bicyclic) bond motifs is 1. The van der Waals surface area contributed by atoms with Crippen molar-refractivity contribution < 1.29 is 9.59 Å². The van der Waals surface area contributed by atoms with Crippen molar-refractivity contribution in [1.82, 2.24) is 19.8 Å². The van der Waals surface area contributed by atoms with Gasteiger partial charge in [0.1, 0.15) is 17.7 Å². The first kappa shape index (κ1) is 23.8. The lowest BCUT2D eigenvalue weighted by molar-refractivity contribution is -0.136. The van der Waals surface area contributed by atoms with E-state index >= 15 is 0 Å². The zero-order valence-electron chi connectivity index (χ0n) is 21.2. The summed E-state index contributed by atoms with van der Waals surface area (Å²) in [7, 11) is 0. The summed E-state index contributed by atoms with van der Waals surface area (Å²) in [5, 5.41) is 0. The van der Waals surface area contributed by atoms with Crippen LogP contribution in [0.2, 0.25) is 0 Å². The SMILES string of the molecule is Cc1cc(N2CCN(C(=O)C3CC4CCCCC4N3C(=O)c3ccccc3)CC2)nc(C(C)C)n1. The number of carbonyl (C=O) groups is 2. The van der Waals surface area contributed by atoms with Crippen LogP contribution in [-0.4, -0.2) is 69.8 Å². The summed E-state index contributed by atoms with van der Waals surface area (Å²) >= 11 is 0. The molecule has 2 aromatic rings. The molecule has 1 aromatic heterocycles. The molecule has 7 heteroatoms. The van der Waals surface area contributed by atoms with Crippen molar-refractivity contribution in [2.24, 2.45) is 5.92 Å². The summed E-state index contributed by atoms with van der Waals surface area (Å²) < 4.78 is 0. The first-order valence-electron chi connectivity index (χ1n) is 13.2. The van der Waals surface area contributed by atoms with Crippen molar-refractivity contribution in [2.75, 3.05) is 31.1 Å². The van der Waals surface area contributed by atoms with E-state index in [4.69, 9.17) is 4.98 Å². The number of nitrogens with zero attached hydrogens (tertiary/aromatic N) is 5. The molecular formula is C28H37N5O2. The fourth-order valence-electron chi connectivity index (χ4n) is 6.06. The van der Waals surface area contributed by atoms with E-state index in [1.165, 1.54) is 6.42 Å². The topological polar surface area (TPSA) is 69.6 Å². The largest absolute Gasteiger partial charge is 0.353 e. The molecule has 3 heterocycles. The quantitative estimate of drug-likeness (QED) is 0.668. The number of hydrogen-bond acceptors (Lipinski definition) is 5. The molecule has 0 radical (unpaired) electrons. The second kappa shape index (κ2) is 9.96. The van der Waals surface area contributed by atoms with Gasteiger partial charge in [-0.3, -0.25) is 9.59 Å². The first-order chi connectivity index (χ1) is 16.9. The summed E-state index contributed by atoms with van der Waals surface area (Å²) in [6.45, 7) is 9.01. The predicted octanol–water partition coefficient (Wildman–Crippen LogP) is 4.03. The van der Waals surface area contributed by atoms with Crippen LogP contribution in [0.5, 0.6) is 0 Å². The van der Waals surface area contributed by atoms with Crippen molar-refractivity contribution in [3.63, 3.8) is 0 Å². The van der Waals surface area contributed by atoms with Crippen molar-refractivity contribution in [3.8, 4) is 0 Å². The van der Waals surface area contributed by atoms with Crippen LogP contribution in [0.4, 0.5) is 5.82 Å². The van der Waals surface area contributed by atoms with Gasteiger partial charge < -0.3 is 14.7 Å². The average Bonchev–Trinajstić information content (AvgIpc) is 3.27. The molecule has 3 aliphatic rings. The highest BCUT2D eigenvalue weighted by Crippen LogP contribution is 2.41. The Balaban J connectivity index is 1.31. The second-order valence-corrected chi connectivity index (χ2v) is 10.6. The molecule has 3 atom stereocenters. The van der Waals surface area contributed by atoms with Gasteiger partial charge in [-0.2, -0.15) is 0 Å². The Bertz CT molecular complexity index is 1060. The van der Waals surface area contributed by atoms with Gasteiger partial charge in [0.25, 0.3) is 5.91 Å². The Morgan fingerprint density at radius 3 is 2.40 bits per heavy atom. The number of hydrogen-bond donors (Lipinski definition) is 0. The monoisotopic (exact) mass is 475 g/mol. The minimum atomic E-state index is -0.351. The van der Waals surface area contributed by atoms with E-state index in [1.807, 2.05) is 53.1 Å². The third-order valence-corrected chi connectivity index (χ3v) is 7.92. The van der Waals surface area contributed by atoms with Crippen LogP contribution in [0.1, 0.15) is 73.7 Å². The lowest BCUT2D eigenvalue weighted by Crippen LogP contribution is -2.55. The summed E-state index contributed by atoms with van der Waals surface area (Å²) in [5.41, 5.74) is 1.65. The highest BCUT2D eigenvalue weighted by atomic mass is 16.2. The normalized spacial score (nSPS) is 24.6. The van der Waals surface area contributed by atoms with Crippen LogP contribution >= 0.6 is 0 Å². The number of piperazine rings is 1. The molecule has 35 heavy (non-hydrogen) atoms. The minimum absolute atomic E-state index is 0.00895. The number of likely N-dealkylation sites (tertiary alicyclic amines) is 1. The van der Waals surface area contributed by atoms with Crippen LogP contribution in [0.25, 0.3) is 0 Å². The first-order valence-corrected chi connectivity index (χ1v) is 13.2. The summed E-state index contributed by atoms with van der Waals surface area (Å²) in [6.07, 6.45) is 5.25.